The quantitative estimate of drug-likeness (QED) is 0.150. The molecule has 26 nitrogen and oxygen atoms in total. The molecule has 10 amide bonds. The Morgan fingerprint density at radius 1 is 0.423 bits per heavy atom. The van der Waals surface area contributed by atoms with Gasteiger partial charge in [-0.05, 0) is 126 Å². The van der Waals surface area contributed by atoms with Crippen LogP contribution in [0.1, 0.15) is 153 Å². The van der Waals surface area contributed by atoms with E-state index in [1.807, 2.05) is 71.9 Å². The van der Waals surface area contributed by atoms with Crippen LogP contribution in [-0.4, -0.2) is 176 Å². The van der Waals surface area contributed by atoms with Gasteiger partial charge in [-0.2, -0.15) is 0 Å². The van der Waals surface area contributed by atoms with Crippen LogP contribution in [0.2, 0.25) is 0 Å². The van der Waals surface area contributed by atoms with Crippen molar-refractivity contribution in [2.75, 3.05) is 76.3 Å². The van der Waals surface area contributed by atoms with Crippen LogP contribution in [-0.2, 0) is 40.1 Å². The third kappa shape index (κ3) is 16.1. The molecule has 4 aromatic carbocycles. The van der Waals surface area contributed by atoms with E-state index in [0.29, 0.717) is 70.4 Å². The van der Waals surface area contributed by atoms with Gasteiger partial charge in [-0.1, -0.05) is 72.4 Å². The van der Waals surface area contributed by atoms with Gasteiger partial charge in [-0.25, -0.2) is 9.97 Å². The van der Waals surface area contributed by atoms with Gasteiger partial charge in [-0.15, -0.1) is 0 Å². The molecule has 0 bridgehead atoms. The third-order valence-corrected chi connectivity index (χ3v) is 17.8. The topological polar surface area (TPSA) is 308 Å². The summed E-state index contributed by atoms with van der Waals surface area (Å²) >= 11 is 0. The molecule has 4 N–H and O–H groups in total. The number of aromatic nitrogens is 4. The number of carbonyl (C=O) groups excluding carboxylic acids is 10. The maximum Gasteiger partial charge on any atom is 0.262 e. The molecule has 8 aliphatic heterocycles. The van der Waals surface area contributed by atoms with E-state index >= 15 is 0 Å². The Morgan fingerprint density at radius 3 is 1.26 bits per heavy atom. The Morgan fingerprint density at radius 2 is 0.814 bits per heavy atom. The minimum Gasteiger partial charge on any atom is -0.369 e. The van der Waals surface area contributed by atoms with Gasteiger partial charge in [0.1, 0.15) is 35.8 Å². The van der Waals surface area contributed by atoms with Crippen molar-refractivity contribution in [1.29, 1.82) is 0 Å². The summed E-state index contributed by atoms with van der Waals surface area (Å²) in [4.78, 5) is 166. The van der Waals surface area contributed by atoms with Gasteiger partial charge in [0.2, 0.25) is 41.4 Å². The van der Waals surface area contributed by atoms with E-state index < -0.39 is 53.7 Å². The fourth-order valence-corrected chi connectivity index (χ4v) is 12.7. The first kappa shape index (κ1) is 72.7. The predicted octanol–water partition coefficient (Wildman–Crippen LogP) is 5.47. The Bertz CT molecular complexity index is 4030. The molecule has 6 fully saturated rings. The average molecular weight is 1330 g/mol. The lowest BCUT2D eigenvalue weighted by Gasteiger charge is -2.34. The number of rotatable bonds is 6. The van der Waals surface area contributed by atoms with Crippen LogP contribution in [0.25, 0.3) is 21.8 Å². The molecule has 4 atom stereocenters. The SMILES string of the molecule is C=C1CCC(N2Cc3cc(N4CCN(C)CC4)ccc3C2=O)C(=O)N1.CC.CC.CC.CN1CCN(c2ccc3c(c2)C(=O)N(C2CCC(=O)NC2=O)C3=O)CC1.Cc1nc2ccccc2c(=O)n1C1CCC(=O)NC1=O.Cc1nc2ccccc2c(=O)n1C1CCC(=O)NC1=O. The second-order valence-electron chi connectivity index (χ2n) is 23.8. The number of hydrogen-bond donors (Lipinski definition) is 4. The van der Waals surface area contributed by atoms with Crippen molar-refractivity contribution in [3.8, 4) is 0 Å². The summed E-state index contributed by atoms with van der Waals surface area (Å²) in [7, 11) is 4.21. The number of anilines is 2. The lowest BCUT2D eigenvalue weighted by Crippen LogP contribution is -2.54. The highest BCUT2D eigenvalue weighted by Gasteiger charge is 2.45. The van der Waals surface area contributed by atoms with Crippen molar-refractivity contribution < 1.29 is 47.9 Å². The fourth-order valence-electron chi connectivity index (χ4n) is 12.7. The summed E-state index contributed by atoms with van der Waals surface area (Å²) in [6.45, 7) is 27.4. The zero-order valence-corrected chi connectivity index (χ0v) is 57.0. The molecule has 14 rings (SSSR count). The van der Waals surface area contributed by atoms with E-state index in [1.54, 1.807) is 67.3 Å². The predicted molar refractivity (Wildman–Crippen MR) is 368 cm³/mol. The van der Waals surface area contributed by atoms with Gasteiger partial charge in [0.05, 0.1) is 32.9 Å². The number of allylic oxidation sites excluding steroid dienone is 1. The highest BCUT2D eigenvalue weighted by atomic mass is 16.2. The Labute approximate surface area is 563 Å². The summed E-state index contributed by atoms with van der Waals surface area (Å²) in [5.41, 5.74) is 5.94. The van der Waals surface area contributed by atoms with Crippen molar-refractivity contribution >= 4 is 92.3 Å². The number of amides is 10. The van der Waals surface area contributed by atoms with Gasteiger partial charge in [-0.3, -0.25) is 87.5 Å². The van der Waals surface area contributed by atoms with Crippen LogP contribution >= 0.6 is 0 Å². The Balaban J connectivity index is 0.000000162. The van der Waals surface area contributed by atoms with Gasteiger partial charge in [0.25, 0.3) is 28.8 Å². The summed E-state index contributed by atoms with van der Waals surface area (Å²) in [6, 6.07) is 22.7. The number of fused-ring (bicyclic) bond motifs is 4. The molecule has 4 unspecified atom stereocenters. The van der Waals surface area contributed by atoms with E-state index in [1.165, 1.54) is 14.8 Å². The van der Waals surface area contributed by atoms with Crippen LogP contribution in [0.3, 0.4) is 0 Å². The van der Waals surface area contributed by atoms with E-state index in [9.17, 15) is 57.5 Å². The maximum atomic E-state index is 12.8. The van der Waals surface area contributed by atoms with E-state index in [4.69, 9.17) is 0 Å². The molecule has 514 valence electrons. The molecule has 6 aromatic rings. The van der Waals surface area contributed by atoms with Gasteiger partial charge in [0.15, 0.2) is 0 Å². The molecule has 10 heterocycles. The number of hydrogen-bond acceptors (Lipinski definition) is 18. The van der Waals surface area contributed by atoms with Crippen molar-refractivity contribution in [1.82, 2.24) is 60.0 Å². The number of likely N-dealkylation sites (N-methyl/N-ethyl adjacent to an activating group) is 2. The largest absolute Gasteiger partial charge is 0.369 e. The molecule has 0 aliphatic carbocycles. The summed E-state index contributed by atoms with van der Waals surface area (Å²) < 4.78 is 2.76. The van der Waals surface area contributed by atoms with Crippen LogP contribution in [0.4, 0.5) is 11.4 Å². The van der Waals surface area contributed by atoms with Gasteiger partial charge in [0, 0.05) is 101 Å². The lowest BCUT2D eigenvalue weighted by atomic mass is 10.0. The zero-order valence-electron chi connectivity index (χ0n) is 57.0. The molecule has 0 saturated carbocycles. The Kier molecular flexibility index (Phi) is 24.4. The van der Waals surface area contributed by atoms with Gasteiger partial charge >= 0.3 is 0 Å². The number of nitrogens with zero attached hydrogens (tertiary/aromatic N) is 10. The van der Waals surface area contributed by atoms with Crippen molar-refractivity contribution in [3.05, 3.63) is 152 Å². The van der Waals surface area contributed by atoms with Crippen LogP contribution in [0.15, 0.2) is 107 Å². The molecule has 0 spiro atoms. The first-order chi connectivity index (χ1) is 46.6. The van der Waals surface area contributed by atoms with Crippen molar-refractivity contribution in [2.45, 2.75) is 137 Å². The van der Waals surface area contributed by atoms with E-state index in [2.05, 4.69) is 77.6 Å². The molecule has 8 aliphatic rings. The standard InChI is InChI=1S/C19H24N4O2.C18H20N4O4.2C14H13N3O3.3C2H6/c1-13-3-6-17(18(24)20-13)23-12-14-11-15(4-5-16(14)19(23)25)22-9-7-21(2)8-10-22;1-20-6-8-21(9-7-20)11-2-3-12-13(10-11)18(26)22(17(12)25)14-4-5-15(23)19-16(14)24;2*1-8-15-10-5-3-2-4-9(10)14(20)17(8)11-6-7-12(18)16-13(11)19;3*1-2/h4-5,11,17H,1,3,6-10,12H2,2H3,(H,20,24);2-3,10,14H,4-9H2,1H3,(H,19,23,24);2*2-5,11H,6-7H2,1H3,(H,16,18,19);3*1-2H3. The maximum absolute atomic E-state index is 12.8. The number of piperidine rings is 4. The van der Waals surface area contributed by atoms with Crippen LogP contribution in [0, 0.1) is 13.8 Å². The highest BCUT2D eigenvalue weighted by Crippen LogP contribution is 2.34. The first-order valence-electron chi connectivity index (χ1n) is 33.4. The summed E-state index contributed by atoms with van der Waals surface area (Å²) in [6.07, 6.45) is 2.78. The smallest absolute Gasteiger partial charge is 0.262 e. The minimum absolute atomic E-state index is 0.0346. The van der Waals surface area contributed by atoms with E-state index in [0.717, 1.165) is 86.2 Å². The minimum atomic E-state index is -0.924. The number of carbonyl (C=O) groups is 10. The zero-order chi connectivity index (χ0) is 70.5. The van der Waals surface area contributed by atoms with Gasteiger partial charge < -0.3 is 29.8 Å². The average Bonchev–Trinajstić information content (AvgIpc) is 1.47. The molecule has 97 heavy (non-hydrogen) atoms. The second-order valence-corrected chi connectivity index (χ2v) is 23.8. The first-order valence-corrected chi connectivity index (χ1v) is 33.4. The number of para-hydroxylation sites is 2. The summed E-state index contributed by atoms with van der Waals surface area (Å²) in [5.74, 6) is -2.57. The third-order valence-electron chi connectivity index (χ3n) is 17.8. The number of imide groups is 4. The van der Waals surface area contributed by atoms with Crippen molar-refractivity contribution in [2.24, 2.45) is 0 Å². The van der Waals surface area contributed by atoms with Crippen LogP contribution in [0.5, 0.6) is 0 Å². The molecule has 26 heteroatoms. The molecule has 6 saturated heterocycles. The fraction of sp³-hybridized carbons (Fsp3) is 0.437. The van der Waals surface area contributed by atoms with Crippen molar-refractivity contribution in [3.63, 3.8) is 0 Å². The molecular weight excluding hydrogens is 1240 g/mol. The molecular formula is C71H88N14O12. The van der Waals surface area contributed by atoms with Crippen LogP contribution < -0.4 is 42.2 Å². The number of aryl methyl sites for hydroxylation is 2. The summed E-state index contributed by atoms with van der Waals surface area (Å²) in [5, 5.41) is 10.5. The van der Waals surface area contributed by atoms with E-state index in [-0.39, 0.29) is 66.3 Å². The monoisotopic (exact) mass is 1330 g/mol. The molecule has 2 aromatic heterocycles. The number of benzene rings is 4. The second kappa shape index (κ2) is 32.6. The normalized spacial score (nSPS) is 20.9. The highest BCUT2D eigenvalue weighted by molar-refractivity contribution is 6.24. The number of piperazine rings is 2. The lowest BCUT2D eigenvalue weighted by molar-refractivity contribution is -0.137. The Hall–Kier alpha value is -10.1. The molecule has 0 radical (unpaired) electrons. The number of nitrogens with one attached hydrogen (secondary N) is 4.